The van der Waals surface area contributed by atoms with Gasteiger partial charge in [-0.05, 0) is 38.0 Å². The summed E-state index contributed by atoms with van der Waals surface area (Å²) in [6, 6.07) is 6.83. The van der Waals surface area contributed by atoms with E-state index in [0.29, 0.717) is 68.8 Å². The lowest BCUT2D eigenvalue weighted by Crippen LogP contribution is -2.47. The molecule has 0 radical (unpaired) electrons. The van der Waals surface area contributed by atoms with Gasteiger partial charge in [-0.1, -0.05) is 6.07 Å². The van der Waals surface area contributed by atoms with Gasteiger partial charge in [0.1, 0.15) is 5.82 Å². The number of fused-ring (bicyclic) bond motifs is 2. The number of esters is 1. The predicted octanol–water partition coefficient (Wildman–Crippen LogP) is 2.76. The van der Waals surface area contributed by atoms with E-state index < -0.39 is 29.0 Å². The molecule has 1 amide bonds. The van der Waals surface area contributed by atoms with Crippen molar-refractivity contribution in [3.63, 3.8) is 0 Å². The number of nitrogens with zero attached hydrogens (tertiary/aromatic N) is 4. The fraction of sp³-hybridized carbons (Fsp3) is 0.481. The highest BCUT2D eigenvalue weighted by Crippen LogP contribution is 2.53. The van der Waals surface area contributed by atoms with E-state index in [0.717, 1.165) is 5.56 Å². The maximum absolute atomic E-state index is 15.5. The molecule has 4 heterocycles. The van der Waals surface area contributed by atoms with Crippen LogP contribution in [0.4, 0.5) is 14.9 Å². The Balaban J connectivity index is 1.13. The van der Waals surface area contributed by atoms with Crippen LogP contribution in [0.5, 0.6) is 0 Å². The number of benzene rings is 1. The predicted molar refractivity (Wildman–Crippen MR) is 132 cm³/mol. The monoisotopic (exact) mass is 524 g/mol. The quantitative estimate of drug-likeness (QED) is 0.547. The minimum Gasteiger partial charge on any atom is -0.449 e. The maximum Gasteiger partial charge on any atom is 0.527 e. The summed E-state index contributed by atoms with van der Waals surface area (Å²) in [5.74, 6) is -0.945. The van der Waals surface area contributed by atoms with E-state index in [1.165, 1.54) is 17.3 Å². The normalized spacial score (nSPS) is 23.8. The molecule has 1 aromatic heterocycles. The van der Waals surface area contributed by atoms with Gasteiger partial charge in [0, 0.05) is 55.3 Å². The molecule has 2 saturated heterocycles. The molecule has 3 aliphatic heterocycles. The maximum atomic E-state index is 15.5. The molecule has 11 heteroatoms. The Kier molecular flexibility index (Phi) is 5.97. The van der Waals surface area contributed by atoms with Crippen molar-refractivity contribution < 1.29 is 33.1 Å². The number of rotatable bonds is 5. The fourth-order valence-electron chi connectivity index (χ4n) is 5.90. The molecule has 1 aromatic carbocycles. The van der Waals surface area contributed by atoms with E-state index in [9.17, 15) is 14.4 Å². The van der Waals surface area contributed by atoms with Gasteiger partial charge in [0.05, 0.1) is 37.2 Å². The lowest BCUT2D eigenvalue weighted by atomic mass is 9.92. The van der Waals surface area contributed by atoms with Crippen molar-refractivity contribution in [2.45, 2.75) is 37.2 Å². The molecule has 0 N–H and O–H groups in total. The second-order valence-electron chi connectivity index (χ2n) is 10.2. The van der Waals surface area contributed by atoms with Crippen LogP contribution in [0.2, 0.25) is 0 Å². The molecule has 1 unspecified atom stereocenters. The molecule has 2 aromatic rings. The minimum absolute atomic E-state index is 0.121. The minimum atomic E-state index is -0.885. The van der Waals surface area contributed by atoms with Crippen LogP contribution in [0.3, 0.4) is 0 Å². The molecule has 1 atom stereocenters. The first-order valence-corrected chi connectivity index (χ1v) is 13.0. The third kappa shape index (κ3) is 4.05. The summed E-state index contributed by atoms with van der Waals surface area (Å²) in [5.41, 5.74) is 0.587. The summed E-state index contributed by atoms with van der Waals surface area (Å²) in [6.45, 7) is 4.67. The highest BCUT2D eigenvalue weighted by Gasteiger charge is 2.58. The summed E-state index contributed by atoms with van der Waals surface area (Å²) in [7, 11) is 0. The van der Waals surface area contributed by atoms with E-state index >= 15 is 4.39 Å². The zero-order valence-electron chi connectivity index (χ0n) is 21.2. The molecule has 1 spiro atoms. The van der Waals surface area contributed by atoms with Crippen molar-refractivity contribution in [3.8, 4) is 0 Å². The number of hydrogen-bond acceptors (Lipinski definition) is 9. The third-order valence-electron chi connectivity index (χ3n) is 8.04. The van der Waals surface area contributed by atoms with E-state index in [1.54, 1.807) is 30.2 Å². The number of aromatic nitrogens is 1. The molecule has 1 aliphatic carbocycles. The van der Waals surface area contributed by atoms with Gasteiger partial charge >= 0.3 is 12.1 Å². The first kappa shape index (κ1) is 24.6. The molecule has 3 fully saturated rings. The van der Waals surface area contributed by atoms with Crippen LogP contribution >= 0.6 is 0 Å². The first-order valence-electron chi connectivity index (χ1n) is 13.0. The largest absolute Gasteiger partial charge is 0.527 e. The van der Waals surface area contributed by atoms with Gasteiger partial charge in [-0.25, -0.2) is 14.0 Å². The van der Waals surface area contributed by atoms with Crippen LogP contribution in [0.1, 0.15) is 47.7 Å². The smallest absolute Gasteiger partial charge is 0.449 e. The van der Waals surface area contributed by atoms with Crippen LogP contribution in [0.25, 0.3) is 0 Å². The Bertz CT molecular complexity index is 1290. The van der Waals surface area contributed by atoms with E-state index in [4.69, 9.17) is 14.3 Å². The second-order valence-corrected chi connectivity index (χ2v) is 10.2. The van der Waals surface area contributed by atoms with Gasteiger partial charge in [-0.15, -0.1) is 5.06 Å². The Hall–Kier alpha value is -3.73. The van der Waals surface area contributed by atoms with E-state index in [-0.39, 0.29) is 19.1 Å². The average molecular weight is 525 g/mol. The molecule has 200 valence electrons. The van der Waals surface area contributed by atoms with Gasteiger partial charge in [0.25, 0.3) is 0 Å². The third-order valence-corrected chi connectivity index (χ3v) is 8.04. The average Bonchev–Trinajstić information content (AvgIpc) is 3.53. The standard InChI is InChI=1S/C27H29FN4O6/c1-2-36-25(35)38-32-13-11-30(12-14-32)18-3-4-21(22(28)15-18)26(6-7-26)24(34)31-10-8-27(17-31)20-5-9-29-16-19(20)23(33)37-27/h3-5,9,15-16H,2,6-8,10-14,17H2,1H3. The lowest BCUT2D eigenvalue weighted by molar-refractivity contribution is -0.134. The molecule has 4 aliphatic rings. The van der Waals surface area contributed by atoms with Crippen LogP contribution in [-0.2, 0) is 30.1 Å². The van der Waals surface area contributed by atoms with Crippen LogP contribution in [0.15, 0.2) is 36.7 Å². The van der Waals surface area contributed by atoms with Crippen LogP contribution < -0.4 is 4.90 Å². The van der Waals surface area contributed by atoms with Crippen molar-refractivity contribution in [2.24, 2.45) is 0 Å². The molecule has 1 saturated carbocycles. The van der Waals surface area contributed by atoms with Gasteiger partial charge in [-0.3, -0.25) is 9.78 Å². The summed E-state index contributed by atoms with van der Waals surface area (Å²) < 4.78 is 26.1. The number of piperazine rings is 1. The Morgan fingerprint density at radius 1 is 1.08 bits per heavy atom. The van der Waals surface area contributed by atoms with Crippen molar-refractivity contribution in [1.82, 2.24) is 14.9 Å². The number of anilines is 1. The van der Waals surface area contributed by atoms with E-state index in [1.807, 2.05) is 11.0 Å². The summed E-state index contributed by atoms with van der Waals surface area (Å²) >= 11 is 0. The number of hydrogen-bond donors (Lipinski definition) is 0. The Morgan fingerprint density at radius 2 is 1.87 bits per heavy atom. The molecule has 0 bridgehead atoms. The number of hydroxylamine groups is 2. The number of carbonyl (C=O) groups excluding carboxylic acids is 3. The number of likely N-dealkylation sites (tertiary alicyclic amines) is 1. The van der Waals surface area contributed by atoms with Gasteiger partial charge in [0.15, 0.2) is 5.60 Å². The highest BCUT2D eigenvalue weighted by atomic mass is 19.1. The van der Waals surface area contributed by atoms with Crippen molar-refractivity contribution in [3.05, 3.63) is 59.2 Å². The van der Waals surface area contributed by atoms with Gasteiger partial charge < -0.3 is 24.1 Å². The number of pyridine rings is 1. The van der Waals surface area contributed by atoms with Gasteiger partial charge in [-0.2, -0.15) is 0 Å². The zero-order chi connectivity index (χ0) is 26.5. The van der Waals surface area contributed by atoms with Crippen LogP contribution in [-0.4, -0.2) is 78.9 Å². The van der Waals surface area contributed by atoms with Gasteiger partial charge in [0.2, 0.25) is 5.91 Å². The lowest BCUT2D eigenvalue weighted by Gasteiger charge is -2.34. The summed E-state index contributed by atoms with van der Waals surface area (Å²) in [5, 5.41) is 1.54. The van der Waals surface area contributed by atoms with Crippen molar-refractivity contribution in [1.29, 1.82) is 0 Å². The summed E-state index contributed by atoms with van der Waals surface area (Å²) in [6.07, 6.45) is 4.06. The van der Waals surface area contributed by atoms with E-state index in [2.05, 4.69) is 4.98 Å². The fourth-order valence-corrected chi connectivity index (χ4v) is 5.90. The number of ether oxygens (including phenoxy) is 2. The molecular formula is C27H29FN4O6. The molecular weight excluding hydrogens is 495 g/mol. The van der Waals surface area contributed by atoms with Crippen molar-refractivity contribution in [2.75, 3.05) is 50.8 Å². The second kappa shape index (κ2) is 9.23. The SMILES string of the molecule is CCOC(=O)ON1CCN(c2ccc(C3(C(=O)N4CCC5(C4)OC(=O)c4cnccc45)CC3)c(F)c2)CC1. The topological polar surface area (TPSA) is 102 Å². The highest BCUT2D eigenvalue weighted by molar-refractivity contribution is 5.95. The number of amides is 1. The molecule has 38 heavy (non-hydrogen) atoms. The summed E-state index contributed by atoms with van der Waals surface area (Å²) in [4.78, 5) is 50.5. The first-order chi connectivity index (χ1) is 18.3. The Morgan fingerprint density at radius 3 is 2.58 bits per heavy atom. The zero-order valence-corrected chi connectivity index (χ0v) is 21.2. The van der Waals surface area contributed by atoms with Crippen LogP contribution in [0, 0.1) is 5.82 Å². The van der Waals surface area contributed by atoms with Crippen molar-refractivity contribution >= 4 is 23.7 Å². The number of carbonyl (C=O) groups is 3. The molecule has 6 rings (SSSR count). The Labute approximate surface area is 219 Å². The molecule has 10 nitrogen and oxygen atoms in total. The number of halogens is 1.